The highest BCUT2D eigenvalue weighted by atomic mass is 35.5. The summed E-state index contributed by atoms with van der Waals surface area (Å²) in [5.41, 5.74) is 1.62. The van der Waals surface area contributed by atoms with Gasteiger partial charge in [-0.05, 0) is 25.3 Å². The number of carbonyl (C=O) groups is 1. The van der Waals surface area contributed by atoms with Crippen LogP contribution in [0, 0.1) is 5.82 Å². The summed E-state index contributed by atoms with van der Waals surface area (Å²) in [6.45, 7) is 0.991. The van der Waals surface area contributed by atoms with Gasteiger partial charge in [-0.25, -0.2) is 25.0 Å². The largest absolute Gasteiger partial charge is 0.367 e. The zero-order valence-corrected chi connectivity index (χ0v) is 17.3. The number of allylic oxidation sites excluding steroid dienone is 2. The van der Waals surface area contributed by atoms with Crippen molar-refractivity contribution in [2.45, 2.75) is 31.5 Å². The van der Waals surface area contributed by atoms with Crippen LogP contribution < -0.4 is 21.8 Å². The number of nitrogens with one attached hydrogen (secondary N) is 3. The zero-order valence-electron chi connectivity index (χ0n) is 16.5. The summed E-state index contributed by atoms with van der Waals surface area (Å²) in [4.78, 5) is 22.6. The number of anilines is 1. The normalized spacial score (nSPS) is 22.8. The van der Waals surface area contributed by atoms with Crippen LogP contribution >= 0.6 is 11.6 Å². The number of amides is 2. The number of rotatable bonds is 4. The van der Waals surface area contributed by atoms with Gasteiger partial charge >= 0.3 is 6.03 Å². The Hall–Kier alpha value is -2.85. The van der Waals surface area contributed by atoms with Gasteiger partial charge in [-0.15, -0.1) is 0 Å². The number of likely N-dealkylation sites (tertiary alicyclic amines) is 1. The Morgan fingerprint density at radius 2 is 2.23 bits per heavy atom. The number of carbonyl (C=O) groups excluding carboxylic acids is 1. The molecule has 1 saturated heterocycles. The van der Waals surface area contributed by atoms with E-state index < -0.39 is 5.82 Å². The maximum Gasteiger partial charge on any atom is 0.334 e. The molecular formula is C19H24ClFN8O. The van der Waals surface area contributed by atoms with Crippen LogP contribution in [0.5, 0.6) is 0 Å². The summed E-state index contributed by atoms with van der Waals surface area (Å²) in [6.07, 6.45) is 9.06. The van der Waals surface area contributed by atoms with Crippen LogP contribution in [-0.2, 0) is 0 Å². The molecule has 2 amide bonds. The lowest BCUT2D eigenvalue weighted by atomic mass is 10.0. The predicted octanol–water partition coefficient (Wildman–Crippen LogP) is 1.69. The first-order valence-electron chi connectivity index (χ1n) is 9.79. The number of hydrazine groups is 1. The summed E-state index contributed by atoms with van der Waals surface area (Å²) in [5.74, 6) is 5.54. The van der Waals surface area contributed by atoms with Crippen LogP contribution in [0.1, 0.15) is 25.1 Å². The van der Waals surface area contributed by atoms with Gasteiger partial charge in [-0.3, -0.25) is 5.01 Å². The van der Waals surface area contributed by atoms with Gasteiger partial charge in [-0.2, -0.15) is 0 Å². The Bertz CT molecular complexity index is 931. The Morgan fingerprint density at radius 3 is 3.03 bits per heavy atom. The number of fused-ring (bicyclic) bond motifs is 1. The first kappa shape index (κ1) is 20.4. The van der Waals surface area contributed by atoms with E-state index in [-0.39, 0.29) is 24.1 Å². The lowest BCUT2D eigenvalue weighted by Crippen LogP contribution is -2.53. The van der Waals surface area contributed by atoms with Crippen molar-refractivity contribution in [2.75, 3.05) is 25.5 Å². The molecule has 5 N–H and O–H groups in total. The second-order valence-electron chi connectivity index (χ2n) is 7.46. The molecule has 1 aromatic heterocycles. The number of halogens is 2. The Labute approximate surface area is 178 Å². The maximum absolute atomic E-state index is 14.4. The maximum atomic E-state index is 14.4. The molecule has 3 aliphatic rings. The summed E-state index contributed by atoms with van der Waals surface area (Å²) >= 11 is 6.10. The molecule has 4 rings (SSSR count). The lowest BCUT2D eigenvalue weighted by molar-refractivity contribution is 0.126. The number of piperidine rings is 1. The highest BCUT2D eigenvalue weighted by molar-refractivity contribution is 6.31. The van der Waals surface area contributed by atoms with Crippen molar-refractivity contribution >= 4 is 29.0 Å². The molecule has 2 atom stereocenters. The molecule has 0 bridgehead atoms. The van der Waals surface area contributed by atoms with Crippen LogP contribution in [0.15, 0.2) is 35.3 Å². The minimum absolute atomic E-state index is 0.0921. The standard InChI is InChI=1S/C19H24ClFN8O/c1-28(22)19(30)29-5-3-2-4-12(29)8-24-18-15(21)10-26-17(27-18)14-9-25-16-13(14)6-11(20)7-23-16/h6-7,9-10,12,16,23,25H,2-5,8,22H2,1H3,(H,24,26,27)/t12-,16?/m1/s1. The third-order valence-electron chi connectivity index (χ3n) is 5.36. The molecule has 11 heteroatoms. The van der Waals surface area contributed by atoms with Crippen LogP contribution in [-0.4, -0.2) is 58.3 Å². The number of nitrogens with zero attached hydrogens (tertiary/aromatic N) is 4. The number of nitrogens with two attached hydrogens (primary N) is 1. The van der Waals surface area contributed by atoms with E-state index in [2.05, 4.69) is 25.9 Å². The zero-order chi connectivity index (χ0) is 21.3. The summed E-state index contributed by atoms with van der Waals surface area (Å²) < 4.78 is 14.4. The topological polar surface area (TPSA) is 111 Å². The molecule has 160 valence electrons. The first-order valence-corrected chi connectivity index (χ1v) is 10.2. The third kappa shape index (κ3) is 4.05. The summed E-state index contributed by atoms with van der Waals surface area (Å²) in [5, 5.41) is 11.0. The third-order valence-corrected chi connectivity index (χ3v) is 5.58. The van der Waals surface area contributed by atoms with Crippen LogP contribution in [0.25, 0.3) is 5.57 Å². The molecule has 3 aliphatic heterocycles. The fraction of sp³-hybridized carbons (Fsp3) is 0.421. The number of urea groups is 1. The highest BCUT2D eigenvalue weighted by Crippen LogP contribution is 2.31. The molecule has 0 radical (unpaired) electrons. The van der Waals surface area contributed by atoms with E-state index in [1.54, 1.807) is 17.3 Å². The van der Waals surface area contributed by atoms with E-state index in [1.165, 1.54) is 7.05 Å². The van der Waals surface area contributed by atoms with Gasteiger partial charge in [0.25, 0.3) is 0 Å². The minimum Gasteiger partial charge on any atom is -0.367 e. The van der Waals surface area contributed by atoms with Crippen LogP contribution in [0.4, 0.5) is 15.0 Å². The van der Waals surface area contributed by atoms with Crippen molar-refractivity contribution in [3.63, 3.8) is 0 Å². The Morgan fingerprint density at radius 1 is 1.43 bits per heavy atom. The Balaban J connectivity index is 1.50. The highest BCUT2D eigenvalue weighted by Gasteiger charge is 2.30. The van der Waals surface area contributed by atoms with E-state index in [0.717, 1.165) is 41.6 Å². The molecule has 1 unspecified atom stereocenters. The first-order chi connectivity index (χ1) is 14.4. The quantitative estimate of drug-likeness (QED) is 0.324. The van der Waals surface area contributed by atoms with Crippen molar-refractivity contribution in [2.24, 2.45) is 5.84 Å². The van der Waals surface area contributed by atoms with Crippen molar-refractivity contribution in [3.05, 3.63) is 46.9 Å². The molecule has 0 saturated carbocycles. The summed E-state index contributed by atoms with van der Waals surface area (Å²) in [6, 6.07) is -0.346. The SMILES string of the molecule is CN(N)C(=O)N1CCCC[C@@H]1CNc1nc(C2=CNC3NC=C(Cl)C=C23)ncc1F. The predicted molar refractivity (Wildman–Crippen MR) is 112 cm³/mol. The van der Waals surface area contributed by atoms with E-state index in [0.29, 0.717) is 23.9 Å². The molecule has 4 heterocycles. The molecule has 9 nitrogen and oxygen atoms in total. The lowest BCUT2D eigenvalue weighted by Gasteiger charge is -2.37. The van der Waals surface area contributed by atoms with E-state index in [1.807, 2.05) is 6.08 Å². The van der Waals surface area contributed by atoms with Crippen LogP contribution in [0.2, 0.25) is 0 Å². The van der Waals surface area contributed by atoms with Gasteiger partial charge in [0.2, 0.25) is 0 Å². The van der Waals surface area contributed by atoms with Crippen molar-refractivity contribution in [3.8, 4) is 0 Å². The van der Waals surface area contributed by atoms with E-state index in [4.69, 9.17) is 17.4 Å². The molecule has 30 heavy (non-hydrogen) atoms. The molecular weight excluding hydrogens is 411 g/mol. The van der Waals surface area contributed by atoms with E-state index in [9.17, 15) is 9.18 Å². The fourth-order valence-electron chi connectivity index (χ4n) is 3.84. The smallest absolute Gasteiger partial charge is 0.334 e. The fourth-order valence-corrected chi connectivity index (χ4v) is 4.02. The average Bonchev–Trinajstić information content (AvgIpc) is 3.16. The molecule has 0 aromatic carbocycles. The van der Waals surface area contributed by atoms with Gasteiger partial charge in [0, 0.05) is 43.7 Å². The number of dihydropyridines is 1. The average molecular weight is 435 g/mol. The second kappa shape index (κ2) is 8.49. The van der Waals surface area contributed by atoms with Gasteiger partial charge in [-0.1, -0.05) is 11.6 Å². The Kier molecular flexibility index (Phi) is 5.78. The molecule has 0 aliphatic carbocycles. The number of hydrogen-bond donors (Lipinski definition) is 4. The molecule has 1 fully saturated rings. The van der Waals surface area contributed by atoms with Crippen LogP contribution in [0.3, 0.4) is 0 Å². The second-order valence-corrected chi connectivity index (χ2v) is 7.90. The van der Waals surface area contributed by atoms with Gasteiger partial charge in [0.15, 0.2) is 17.5 Å². The van der Waals surface area contributed by atoms with Gasteiger partial charge < -0.3 is 20.9 Å². The number of aromatic nitrogens is 2. The van der Waals surface area contributed by atoms with Crippen molar-refractivity contribution in [1.29, 1.82) is 0 Å². The van der Waals surface area contributed by atoms with Crippen molar-refractivity contribution in [1.82, 2.24) is 30.5 Å². The van der Waals surface area contributed by atoms with Gasteiger partial charge in [0.05, 0.1) is 17.3 Å². The van der Waals surface area contributed by atoms with E-state index >= 15 is 0 Å². The number of hydrogen-bond acceptors (Lipinski definition) is 7. The monoisotopic (exact) mass is 434 g/mol. The van der Waals surface area contributed by atoms with Gasteiger partial charge in [0.1, 0.15) is 6.17 Å². The summed E-state index contributed by atoms with van der Waals surface area (Å²) in [7, 11) is 1.52. The van der Waals surface area contributed by atoms with Crippen molar-refractivity contribution < 1.29 is 9.18 Å². The molecule has 1 aromatic rings. The molecule has 0 spiro atoms. The minimum atomic E-state index is -0.555.